The minimum absolute atomic E-state index is 0. The standard InChI is InChI=1S/C16H18N6.H2/c1-6-13(15-12-5-3-9-18-16(12)22-21-15)20-14(7-1)19-10-11-4-2-8-17-11;/h1,3,5-7,9,11,17H,2,4,8,10H2,(H,19,20)(H,18,21,22);1H. The molecule has 3 aromatic rings. The van der Waals surface area contributed by atoms with E-state index in [9.17, 15) is 0 Å². The Morgan fingerprint density at radius 3 is 3.18 bits per heavy atom. The number of hydrogen-bond acceptors (Lipinski definition) is 5. The van der Waals surface area contributed by atoms with Crippen LogP contribution < -0.4 is 10.6 Å². The molecular formula is C16H20N6. The summed E-state index contributed by atoms with van der Waals surface area (Å²) >= 11 is 0. The first-order valence-corrected chi connectivity index (χ1v) is 7.64. The monoisotopic (exact) mass is 296 g/mol. The molecule has 4 rings (SSSR count). The summed E-state index contributed by atoms with van der Waals surface area (Å²) in [6, 6.07) is 10.5. The van der Waals surface area contributed by atoms with Crippen LogP contribution in [0.2, 0.25) is 0 Å². The summed E-state index contributed by atoms with van der Waals surface area (Å²) < 4.78 is 0. The minimum atomic E-state index is 0. The molecule has 114 valence electrons. The largest absolute Gasteiger partial charge is 0.368 e. The van der Waals surface area contributed by atoms with E-state index in [2.05, 4.69) is 30.8 Å². The lowest BCUT2D eigenvalue weighted by Gasteiger charge is -2.12. The highest BCUT2D eigenvalue weighted by atomic mass is 15.2. The van der Waals surface area contributed by atoms with E-state index in [1.807, 2.05) is 30.3 Å². The third-order valence-corrected chi connectivity index (χ3v) is 4.03. The normalized spacial score (nSPS) is 17.9. The van der Waals surface area contributed by atoms with Crippen LogP contribution in [0.15, 0.2) is 36.5 Å². The molecule has 3 aromatic heterocycles. The number of nitrogens with zero attached hydrogens (tertiary/aromatic N) is 3. The molecule has 0 amide bonds. The highest BCUT2D eigenvalue weighted by Gasteiger charge is 2.14. The van der Waals surface area contributed by atoms with Crippen molar-refractivity contribution < 1.29 is 1.43 Å². The van der Waals surface area contributed by atoms with Crippen LogP contribution >= 0.6 is 0 Å². The highest BCUT2D eigenvalue weighted by Crippen LogP contribution is 2.24. The van der Waals surface area contributed by atoms with Crippen LogP contribution in [0, 0.1) is 0 Å². The molecule has 0 aliphatic carbocycles. The van der Waals surface area contributed by atoms with Crippen LogP contribution in [-0.2, 0) is 0 Å². The molecule has 1 aliphatic rings. The second-order valence-corrected chi connectivity index (χ2v) is 5.56. The van der Waals surface area contributed by atoms with Gasteiger partial charge in [-0.15, -0.1) is 0 Å². The summed E-state index contributed by atoms with van der Waals surface area (Å²) in [7, 11) is 0. The molecule has 22 heavy (non-hydrogen) atoms. The zero-order valence-corrected chi connectivity index (χ0v) is 12.2. The number of aromatic amines is 1. The predicted octanol–water partition coefficient (Wildman–Crippen LogP) is 2.43. The predicted molar refractivity (Wildman–Crippen MR) is 88.7 cm³/mol. The summed E-state index contributed by atoms with van der Waals surface area (Å²) in [6.45, 7) is 2.02. The number of rotatable bonds is 4. The van der Waals surface area contributed by atoms with Crippen molar-refractivity contribution in [3.8, 4) is 11.4 Å². The lowest BCUT2D eigenvalue weighted by atomic mass is 10.2. The smallest absolute Gasteiger partial charge is 0.181 e. The number of anilines is 1. The molecule has 1 aliphatic heterocycles. The van der Waals surface area contributed by atoms with Crippen molar-refractivity contribution in [3.05, 3.63) is 36.5 Å². The lowest BCUT2D eigenvalue weighted by molar-refractivity contribution is 0.632. The van der Waals surface area contributed by atoms with Crippen LogP contribution in [0.25, 0.3) is 22.4 Å². The second-order valence-electron chi connectivity index (χ2n) is 5.56. The Morgan fingerprint density at radius 2 is 2.27 bits per heavy atom. The number of nitrogens with one attached hydrogen (secondary N) is 3. The van der Waals surface area contributed by atoms with E-state index in [0.29, 0.717) is 11.7 Å². The summed E-state index contributed by atoms with van der Waals surface area (Å²) in [6.07, 6.45) is 4.23. The van der Waals surface area contributed by atoms with Gasteiger partial charge in [0.05, 0.1) is 11.4 Å². The number of pyridine rings is 2. The Labute approximate surface area is 129 Å². The Morgan fingerprint density at radius 1 is 1.27 bits per heavy atom. The van der Waals surface area contributed by atoms with Crippen molar-refractivity contribution in [3.63, 3.8) is 0 Å². The van der Waals surface area contributed by atoms with E-state index >= 15 is 0 Å². The lowest BCUT2D eigenvalue weighted by Crippen LogP contribution is -2.29. The Hall–Kier alpha value is -2.47. The third-order valence-electron chi connectivity index (χ3n) is 4.03. The maximum atomic E-state index is 4.69. The van der Waals surface area contributed by atoms with Gasteiger partial charge in [-0.25, -0.2) is 9.97 Å². The summed E-state index contributed by atoms with van der Waals surface area (Å²) in [4.78, 5) is 8.93. The molecule has 0 aromatic carbocycles. The van der Waals surface area contributed by atoms with Crippen molar-refractivity contribution >= 4 is 16.9 Å². The summed E-state index contributed by atoms with van der Waals surface area (Å²) in [5.41, 5.74) is 2.50. The fraction of sp³-hybridized carbons (Fsp3) is 0.312. The van der Waals surface area contributed by atoms with Gasteiger partial charge in [-0.1, -0.05) is 6.07 Å². The van der Waals surface area contributed by atoms with Gasteiger partial charge in [0.2, 0.25) is 0 Å². The molecule has 3 N–H and O–H groups in total. The second kappa shape index (κ2) is 5.73. The molecule has 0 bridgehead atoms. The van der Waals surface area contributed by atoms with Crippen molar-refractivity contribution in [2.24, 2.45) is 0 Å². The molecule has 1 unspecified atom stereocenters. The van der Waals surface area contributed by atoms with Crippen LogP contribution in [0.4, 0.5) is 5.82 Å². The first-order valence-electron chi connectivity index (χ1n) is 7.64. The fourth-order valence-corrected chi connectivity index (χ4v) is 2.88. The molecule has 6 nitrogen and oxygen atoms in total. The molecule has 1 atom stereocenters. The van der Waals surface area contributed by atoms with Gasteiger partial charge < -0.3 is 10.6 Å². The summed E-state index contributed by atoms with van der Waals surface area (Å²) in [5, 5.41) is 15.1. The van der Waals surface area contributed by atoms with Crippen LogP contribution in [0.5, 0.6) is 0 Å². The summed E-state index contributed by atoms with van der Waals surface area (Å²) in [5.74, 6) is 0.887. The average Bonchev–Trinajstić information content (AvgIpc) is 3.23. The van der Waals surface area contributed by atoms with Gasteiger partial charge in [0.25, 0.3) is 0 Å². The van der Waals surface area contributed by atoms with Gasteiger partial charge in [-0.3, -0.25) is 5.10 Å². The molecule has 0 spiro atoms. The zero-order valence-electron chi connectivity index (χ0n) is 12.2. The SMILES string of the molecule is [HH].c1cc(NCC2CCCN2)nc(-c2[nH]nc3ncccc23)c1. The Kier molecular flexibility index (Phi) is 3.44. The number of H-pyrrole nitrogens is 1. The van der Waals surface area contributed by atoms with E-state index in [4.69, 9.17) is 0 Å². The molecule has 0 saturated carbocycles. The van der Waals surface area contributed by atoms with Gasteiger partial charge in [0.15, 0.2) is 5.65 Å². The van der Waals surface area contributed by atoms with Gasteiger partial charge in [-0.2, -0.15) is 5.10 Å². The van der Waals surface area contributed by atoms with Crippen molar-refractivity contribution in [2.75, 3.05) is 18.4 Å². The van der Waals surface area contributed by atoms with E-state index < -0.39 is 0 Å². The Bertz CT molecular complexity index is 781. The van der Waals surface area contributed by atoms with Gasteiger partial charge >= 0.3 is 0 Å². The topological polar surface area (TPSA) is 78.5 Å². The van der Waals surface area contributed by atoms with Crippen LogP contribution in [0.3, 0.4) is 0 Å². The van der Waals surface area contributed by atoms with Crippen LogP contribution in [-0.4, -0.2) is 39.3 Å². The van der Waals surface area contributed by atoms with Gasteiger partial charge in [0, 0.05) is 25.6 Å². The molecule has 1 saturated heterocycles. The van der Waals surface area contributed by atoms with Crippen molar-refractivity contribution in [1.29, 1.82) is 0 Å². The molecule has 0 radical (unpaired) electrons. The first-order chi connectivity index (χ1) is 10.9. The van der Waals surface area contributed by atoms with Crippen LogP contribution in [0.1, 0.15) is 14.3 Å². The Balaban J connectivity index is 0.00000156. The zero-order chi connectivity index (χ0) is 14.8. The van der Waals surface area contributed by atoms with E-state index in [-0.39, 0.29) is 1.43 Å². The average molecular weight is 296 g/mol. The third kappa shape index (κ3) is 2.53. The highest BCUT2D eigenvalue weighted by molar-refractivity contribution is 5.89. The molecule has 1 fully saturated rings. The number of aromatic nitrogens is 4. The number of hydrogen-bond donors (Lipinski definition) is 3. The molecule has 4 heterocycles. The maximum absolute atomic E-state index is 4.69. The quantitative estimate of drug-likeness (QED) is 0.689. The van der Waals surface area contributed by atoms with Crippen molar-refractivity contribution in [2.45, 2.75) is 18.9 Å². The van der Waals surface area contributed by atoms with E-state index in [0.717, 1.165) is 35.7 Å². The van der Waals surface area contributed by atoms with Gasteiger partial charge in [0.1, 0.15) is 5.82 Å². The fourth-order valence-electron chi connectivity index (χ4n) is 2.88. The van der Waals surface area contributed by atoms with Gasteiger partial charge in [-0.05, 0) is 43.7 Å². The van der Waals surface area contributed by atoms with Crippen molar-refractivity contribution in [1.82, 2.24) is 25.5 Å². The number of fused-ring (bicyclic) bond motifs is 1. The first kappa shape index (κ1) is 13.2. The minimum Gasteiger partial charge on any atom is -0.368 e. The van der Waals surface area contributed by atoms with E-state index in [1.54, 1.807) is 6.20 Å². The molecular weight excluding hydrogens is 276 g/mol. The maximum Gasteiger partial charge on any atom is 0.181 e. The molecule has 6 heteroatoms. The van der Waals surface area contributed by atoms with E-state index in [1.165, 1.54) is 12.8 Å².